The summed E-state index contributed by atoms with van der Waals surface area (Å²) < 4.78 is 4.98. The number of benzene rings is 2. The number of halogens is 1. The van der Waals surface area contributed by atoms with Gasteiger partial charge in [-0.25, -0.2) is 9.69 Å². The van der Waals surface area contributed by atoms with Crippen molar-refractivity contribution in [2.24, 2.45) is 0 Å². The summed E-state index contributed by atoms with van der Waals surface area (Å²) in [5.41, 5.74) is 1.28. The van der Waals surface area contributed by atoms with Gasteiger partial charge in [0.25, 0.3) is 11.8 Å². The van der Waals surface area contributed by atoms with Gasteiger partial charge in [0.2, 0.25) is 0 Å². The van der Waals surface area contributed by atoms with E-state index in [1.165, 1.54) is 12.2 Å². The van der Waals surface area contributed by atoms with Crippen molar-refractivity contribution in [3.8, 4) is 0 Å². The SMILES string of the molecule is O=C(/C=C/c1ccccc1Cl)OCN1C(=O)c2ccccc2C1=O. The van der Waals surface area contributed by atoms with E-state index >= 15 is 0 Å². The Morgan fingerprint density at radius 2 is 1.58 bits per heavy atom. The molecule has 2 amide bonds. The van der Waals surface area contributed by atoms with Gasteiger partial charge in [0.1, 0.15) is 0 Å². The van der Waals surface area contributed by atoms with E-state index in [2.05, 4.69) is 0 Å². The monoisotopic (exact) mass is 341 g/mol. The van der Waals surface area contributed by atoms with E-state index in [-0.39, 0.29) is 0 Å². The van der Waals surface area contributed by atoms with Crippen molar-refractivity contribution in [2.45, 2.75) is 0 Å². The van der Waals surface area contributed by atoms with E-state index in [0.29, 0.717) is 21.7 Å². The van der Waals surface area contributed by atoms with Crippen molar-refractivity contribution in [1.29, 1.82) is 0 Å². The summed E-state index contributed by atoms with van der Waals surface area (Å²) in [5, 5.41) is 0.502. The maximum absolute atomic E-state index is 12.1. The van der Waals surface area contributed by atoms with Gasteiger partial charge in [0, 0.05) is 11.1 Å². The Hall–Kier alpha value is -2.92. The molecule has 6 heteroatoms. The third kappa shape index (κ3) is 3.07. The lowest BCUT2D eigenvalue weighted by atomic mass is 10.1. The normalized spacial score (nSPS) is 13.5. The van der Waals surface area contributed by atoms with Crippen LogP contribution in [0.5, 0.6) is 0 Å². The lowest BCUT2D eigenvalue weighted by Gasteiger charge is -2.12. The van der Waals surface area contributed by atoms with Gasteiger partial charge in [-0.2, -0.15) is 0 Å². The first kappa shape index (κ1) is 16.0. The Bertz CT molecular complexity index is 825. The Balaban J connectivity index is 1.63. The molecule has 0 N–H and O–H groups in total. The number of fused-ring (bicyclic) bond motifs is 1. The molecule has 2 aromatic carbocycles. The highest BCUT2D eigenvalue weighted by molar-refractivity contribution is 6.32. The standard InChI is InChI=1S/C18H12ClNO4/c19-15-8-4-1-5-12(15)9-10-16(21)24-11-20-17(22)13-6-2-3-7-14(13)18(20)23/h1-10H,11H2/b10-9+. The van der Waals surface area contributed by atoms with Gasteiger partial charge in [0.05, 0.1) is 11.1 Å². The summed E-state index contributed by atoms with van der Waals surface area (Å²) in [7, 11) is 0. The summed E-state index contributed by atoms with van der Waals surface area (Å²) in [6.45, 7) is -0.432. The van der Waals surface area contributed by atoms with Gasteiger partial charge in [0.15, 0.2) is 6.73 Å². The number of ether oxygens (including phenoxy) is 1. The highest BCUT2D eigenvalue weighted by Crippen LogP contribution is 2.22. The molecule has 0 spiro atoms. The van der Waals surface area contributed by atoms with Crippen molar-refractivity contribution in [3.63, 3.8) is 0 Å². The molecule has 3 rings (SSSR count). The van der Waals surface area contributed by atoms with Crippen LogP contribution in [-0.2, 0) is 9.53 Å². The minimum Gasteiger partial charge on any atom is -0.441 e. The number of hydrogen-bond acceptors (Lipinski definition) is 4. The molecule has 0 atom stereocenters. The number of carbonyl (C=O) groups is 3. The van der Waals surface area contributed by atoms with Gasteiger partial charge in [-0.15, -0.1) is 0 Å². The molecule has 0 aliphatic carbocycles. The topological polar surface area (TPSA) is 63.7 Å². The van der Waals surface area contributed by atoms with Crippen LogP contribution in [0.2, 0.25) is 5.02 Å². The minimum atomic E-state index is -0.675. The van der Waals surface area contributed by atoms with E-state index in [0.717, 1.165) is 4.90 Å². The first-order chi connectivity index (χ1) is 11.6. The number of imide groups is 1. The molecule has 1 aliphatic heterocycles. The molecule has 24 heavy (non-hydrogen) atoms. The van der Waals surface area contributed by atoms with Crippen LogP contribution in [0.1, 0.15) is 26.3 Å². The largest absolute Gasteiger partial charge is 0.441 e. The highest BCUT2D eigenvalue weighted by atomic mass is 35.5. The lowest BCUT2D eigenvalue weighted by molar-refractivity contribution is -0.140. The van der Waals surface area contributed by atoms with Crippen LogP contribution in [0.25, 0.3) is 6.08 Å². The first-order valence-electron chi connectivity index (χ1n) is 7.12. The quantitative estimate of drug-likeness (QED) is 0.487. The average molecular weight is 342 g/mol. The highest BCUT2D eigenvalue weighted by Gasteiger charge is 2.35. The van der Waals surface area contributed by atoms with Crippen LogP contribution in [0.15, 0.2) is 54.6 Å². The van der Waals surface area contributed by atoms with Gasteiger partial charge >= 0.3 is 5.97 Å². The number of nitrogens with zero attached hydrogens (tertiary/aromatic N) is 1. The second kappa shape index (κ2) is 6.68. The van der Waals surface area contributed by atoms with E-state index < -0.39 is 24.5 Å². The molecule has 0 saturated heterocycles. The maximum Gasteiger partial charge on any atom is 0.332 e. The van der Waals surface area contributed by atoms with Crippen LogP contribution in [0, 0.1) is 0 Å². The smallest absolute Gasteiger partial charge is 0.332 e. The Morgan fingerprint density at radius 3 is 2.21 bits per heavy atom. The molecule has 0 bridgehead atoms. The van der Waals surface area contributed by atoms with Crippen LogP contribution in [-0.4, -0.2) is 29.4 Å². The van der Waals surface area contributed by atoms with Crippen LogP contribution in [0.3, 0.4) is 0 Å². The van der Waals surface area contributed by atoms with Crippen molar-refractivity contribution < 1.29 is 19.1 Å². The summed E-state index contributed by atoms with van der Waals surface area (Å²) >= 11 is 5.98. The number of rotatable bonds is 4. The molecule has 0 unspecified atom stereocenters. The van der Waals surface area contributed by atoms with Crippen molar-refractivity contribution >= 4 is 35.5 Å². The number of amides is 2. The van der Waals surface area contributed by atoms with Gasteiger partial charge < -0.3 is 4.74 Å². The van der Waals surface area contributed by atoms with Crippen molar-refractivity contribution in [1.82, 2.24) is 4.90 Å². The van der Waals surface area contributed by atoms with E-state index in [1.807, 2.05) is 0 Å². The van der Waals surface area contributed by atoms with E-state index in [9.17, 15) is 14.4 Å². The Kier molecular flexibility index (Phi) is 4.44. The number of carbonyl (C=O) groups excluding carboxylic acids is 3. The fraction of sp³-hybridized carbons (Fsp3) is 0.0556. The minimum absolute atomic E-state index is 0.310. The zero-order chi connectivity index (χ0) is 17.1. The molecule has 0 fully saturated rings. The Morgan fingerprint density at radius 1 is 1.00 bits per heavy atom. The molecule has 0 saturated carbocycles. The second-order valence-corrected chi connectivity index (χ2v) is 5.44. The maximum atomic E-state index is 12.1. The van der Waals surface area contributed by atoms with Crippen molar-refractivity contribution in [2.75, 3.05) is 6.73 Å². The lowest BCUT2D eigenvalue weighted by Crippen LogP contribution is -2.32. The van der Waals surface area contributed by atoms with Gasteiger partial charge in [-0.1, -0.05) is 41.9 Å². The van der Waals surface area contributed by atoms with E-state index in [1.54, 1.807) is 48.5 Å². The van der Waals surface area contributed by atoms with Crippen LogP contribution < -0.4 is 0 Å². The summed E-state index contributed by atoms with van der Waals surface area (Å²) in [5.74, 6) is -1.62. The molecule has 5 nitrogen and oxygen atoms in total. The molecule has 1 aliphatic rings. The van der Waals surface area contributed by atoms with Gasteiger partial charge in [-0.3, -0.25) is 9.59 Å². The predicted octanol–water partition coefficient (Wildman–Crippen LogP) is 3.15. The third-order valence-electron chi connectivity index (χ3n) is 3.52. The summed E-state index contributed by atoms with van der Waals surface area (Å²) in [6, 6.07) is 13.5. The zero-order valence-electron chi connectivity index (χ0n) is 12.4. The number of hydrogen-bond donors (Lipinski definition) is 0. The predicted molar refractivity (Wildman–Crippen MR) is 88.4 cm³/mol. The fourth-order valence-electron chi connectivity index (χ4n) is 2.30. The molecule has 2 aromatic rings. The molecular weight excluding hydrogens is 330 g/mol. The fourth-order valence-corrected chi connectivity index (χ4v) is 2.50. The van der Waals surface area contributed by atoms with Crippen LogP contribution in [0.4, 0.5) is 0 Å². The second-order valence-electron chi connectivity index (χ2n) is 5.03. The molecule has 0 aromatic heterocycles. The first-order valence-corrected chi connectivity index (χ1v) is 7.50. The van der Waals surface area contributed by atoms with Gasteiger partial charge in [-0.05, 0) is 29.8 Å². The average Bonchev–Trinajstić information content (AvgIpc) is 2.84. The summed E-state index contributed by atoms with van der Waals surface area (Å²) in [6.07, 6.45) is 2.70. The zero-order valence-corrected chi connectivity index (χ0v) is 13.2. The van der Waals surface area contributed by atoms with E-state index in [4.69, 9.17) is 16.3 Å². The van der Waals surface area contributed by atoms with Crippen LogP contribution >= 0.6 is 11.6 Å². The third-order valence-corrected chi connectivity index (χ3v) is 3.86. The Labute approximate surface area is 143 Å². The molecule has 120 valence electrons. The molecular formula is C18H12ClNO4. The molecule has 0 radical (unpaired) electrons. The summed E-state index contributed by atoms with van der Waals surface area (Å²) in [4.78, 5) is 36.9. The molecule has 1 heterocycles. The number of esters is 1. The van der Waals surface area contributed by atoms with Crippen molar-refractivity contribution in [3.05, 3.63) is 76.3 Å².